The normalized spacial score (nSPS) is 23.0. The molecule has 0 spiro atoms. The summed E-state index contributed by atoms with van der Waals surface area (Å²) >= 11 is 0. The van der Waals surface area contributed by atoms with Gasteiger partial charge in [-0.15, -0.1) is 0 Å². The molecule has 4 nitrogen and oxygen atoms in total. The van der Waals surface area contributed by atoms with Gasteiger partial charge in [-0.25, -0.2) is 4.39 Å². The van der Waals surface area contributed by atoms with E-state index in [9.17, 15) is 4.39 Å². The summed E-state index contributed by atoms with van der Waals surface area (Å²) in [6.07, 6.45) is 0.175. The van der Waals surface area contributed by atoms with Crippen molar-refractivity contribution in [3.05, 3.63) is 35.1 Å². The molecule has 0 radical (unpaired) electrons. The lowest BCUT2D eigenvalue weighted by molar-refractivity contribution is -0.0716. The number of morpholine rings is 1. The van der Waals surface area contributed by atoms with Crippen molar-refractivity contribution < 1.29 is 13.9 Å². The van der Waals surface area contributed by atoms with Crippen LogP contribution in [0.15, 0.2) is 18.2 Å². The van der Waals surface area contributed by atoms with Crippen molar-refractivity contribution in [1.82, 2.24) is 5.32 Å². The molecule has 1 aliphatic rings. The van der Waals surface area contributed by atoms with Crippen molar-refractivity contribution in [3.8, 4) is 6.07 Å². The molecule has 1 aromatic rings. The molecular weight excluding hydrogens is 247 g/mol. The first-order valence-electron chi connectivity index (χ1n) is 6.31. The monoisotopic (exact) mass is 264 g/mol. The van der Waals surface area contributed by atoms with Crippen LogP contribution in [0, 0.1) is 17.1 Å². The van der Waals surface area contributed by atoms with E-state index in [4.69, 9.17) is 14.7 Å². The Kier molecular flexibility index (Phi) is 4.86. The number of nitrogens with zero attached hydrogens (tertiary/aromatic N) is 1. The van der Waals surface area contributed by atoms with Crippen LogP contribution in [0.4, 0.5) is 4.39 Å². The van der Waals surface area contributed by atoms with Crippen LogP contribution >= 0.6 is 0 Å². The molecule has 0 aliphatic carbocycles. The summed E-state index contributed by atoms with van der Waals surface area (Å²) in [5.74, 6) is -0.359. The fourth-order valence-electron chi connectivity index (χ4n) is 2.06. The highest BCUT2D eigenvalue weighted by Crippen LogP contribution is 2.12. The fourth-order valence-corrected chi connectivity index (χ4v) is 2.06. The molecule has 0 aromatic heterocycles. The van der Waals surface area contributed by atoms with Gasteiger partial charge in [0.15, 0.2) is 0 Å². The van der Waals surface area contributed by atoms with Crippen molar-refractivity contribution in [2.75, 3.05) is 19.7 Å². The van der Waals surface area contributed by atoms with Gasteiger partial charge in [0, 0.05) is 13.1 Å². The Morgan fingerprint density at radius 1 is 1.53 bits per heavy atom. The van der Waals surface area contributed by atoms with E-state index in [2.05, 4.69) is 5.32 Å². The predicted molar refractivity (Wildman–Crippen MR) is 68.0 cm³/mol. The first-order chi connectivity index (χ1) is 9.19. The first-order valence-corrected chi connectivity index (χ1v) is 6.31. The van der Waals surface area contributed by atoms with E-state index in [1.807, 2.05) is 13.0 Å². The van der Waals surface area contributed by atoms with Crippen LogP contribution in [0.5, 0.6) is 0 Å². The van der Waals surface area contributed by atoms with E-state index in [0.717, 1.165) is 13.1 Å². The van der Waals surface area contributed by atoms with Crippen molar-refractivity contribution in [2.45, 2.75) is 25.7 Å². The summed E-state index contributed by atoms with van der Waals surface area (Å²) < 4.78 is 24.3. The molecule has 19 heavy (non-hydrogen) atoms. The molecule has 1 N–H and O–H groups in total. The van der Waals surface area contributed by atoms with Crippen LogP contribution in [0.2, 0.25) is 0 Å². The highest BCUT2D eigenvalue weighted by Gasteiger charge is 2.18. The summed E-state index contributed by atoms with van der Waals surface area (Å²) in [7, 11) is 0. The number of benzene rings is 1. The van der Waals surface area contributed by atoms with Gasteiger partial charge >= 0.3 is 0 Å². The van der Waals surface area contributed by atoms with Gasteiger partial charge in [0.25, 0.3) is 0 Å². The predicted octanol–water partition coefficient (Wildman–Crippen LogP) is 1.59. The number of hydrogen-bond donors (Lipinski definition) is 1. The number of nitriles is 1. The lowest BCUT2D eigenvalue weighted by Gasteiger charge is -2.28. The van der Waals surface area contributed by atoms with E-state index in [1.165, 1.54) is 18.2 Å². The van der Waals surface area contributed by atoms with Crippen LogP contribution < -0.4 is 5.32 Å². The SMILES string of the molecule is CC1CNCC(COCc2cc(F)ccc2C#N)O1. The van der Waals surface area contributed by atoms with Crippen molar-refractivity contribution in [3.63, 3.8) is 0 Å². The molecule has 2 unspecified atom stereocenters. The molecule has 2 rings (SSSR count). The third kappa shape index (κ3) is 4.00. The quantitative estimate of drug-likeness (QED) is 0.897. The fraction of sp³-hybridized carbons (Fsp3) is 0.500. The van der Waals surface area contributed by atoms with Crippen LogP contribution in [0.3, 0.4) is 0 Å². The molecule has 0 amide bonds. The van der Waals surface area contributed by atoms with E-state index in [-0.39, 0.29) is 24.6 Å². The number of ether oxygens (including phenoxy) is 2. The zero-order valence-corrected chi connectivity index (χ0v) is 10.9. The van der Waals surface area contributed by atoms with Gasteiger partial charge in [0.05, 0.1) is 37.1 Å². The summed E-state index contributed by atoms with van der Waals surface area (Å²) in [6.45, 7) is 4.24. The van der Waals surface area contributed by atoms with Crippen LogP contribution in [0.25, 0.3) is 0 Å². The molecule has 1 aliphatic heterocycles. The van der Waals surface area contributed by atoms with E-state index in [0.29, 0.717) is 17.7 Å². The van der Waals surface area contributed by atoms with Gasteiger partial charge in [-0.3, -0.25) is 0 Å². The van der Waals surface area contributed by atoms with E-state index in [1.54, 1.807) is 0 Å². The topological polar surface area (TPSA) is 54.3 Å². The van der Waals surface area contributed by atoms with Crippen LogP contribution in [-0.4, -0.2) is 31.9 Å². The number of nitrogens with one attached hydrogen (secondary N) is 1. The number of rotatable bonds is 4. The average molecular weight is 264 g/mol. The summed E-state index contributed by atoms with van der Waals surface area (Å²) in [5.41, 5.74) is 1.01. The Bertz CT molecular complexity index is 473. The Morgan fingerprint density at radius 3 is 3.11 bits per heavy atom. The van der Waals surface area contributed by atoms with Gasteiger partial charge in [-0.2, -0.15) is 5.26 Å². The Morgan fingerprint density at radius 2 is 2.37 bits per heavy atom. The molecule has 0 bridgehead atoms. The molecule has 0 saturated carbocycles. The second-order valence-electron chi connectivity index (χ2n) is 4.66. The zero-order valence-electron chi connectivity index (χ0n) is 10.9. The summed E-state index contributed by atoms with van der Waals surface area (Å²) in [4.78, 5) is 0. The largest absolute Gasteiger partial charge is 0.374 e. The molecule has 1 aromatic carbocycles. The Labute approximate surface area is 112 Å². The molecule has 102 valence electrons. The second kappa shape index (κ2) is 6.62. The molecule has 1 fully saturated rings. The van der Waals surface area contributed by atoms with E-state index < -0.39 is 0 Å². The lowest BCUT2D eigenvalue weighted by Crippen LogP contribution is -2.45. The molecule has 1 heterocycles. The third-order valence-electron chi connectivity index (χ3n) is 2.98. The van der Waals surface area contributed by atoms with Gasteiger partial charge in [0.1, 0.15) is 5.82 Å². The maximum Gasteiger partial charge on any atom is 0.123 e. The lowest BCUT2D eigenvalue weighted by atomic mass is 10.1. The van der Waals surface area contributed by atoms with Crippen LogP contribution in [-0.2, 0) is 16.1 Å². The van der Waals surface area contributed by atoms with Crippen LogP contribution in [0.1, 0.15) is 18.1 Å². The number of hydrogen-bond acceptors (Lipinski definition) is 4. The first kappa shape index (κ1) is 13.9. The number of halogens is 1. The second-order valence-corrected chi connectivity index (χ2v) is 4.66. The molecular formula is C14H17FN2O2. The molecule has 5 heteroatoms. The highest BCUT2D eigenvalue weighted by molar-refractivity contribution is 5.37. The van der Waals surface area contributed by atoms with Crippen molar-refractivity contribution in [2.24, 2.45) is 0 Å². The minimum Gasteiger partial charge on any atom is -0.374 e. The maximum absolute atomic E-state index is 13.1. The Hall–Kier alpha value is -1.48. The highest BCUT2D eigenvalue weighted by atomic mass is 19.1. The minimum absolute atomic E-state index is 0.00263. The zero-order chi connectivity index (χ0) is 13.7. The van der Waals surface area contributed by atoms with Gasteiger partial charge < -0.3 is 14.8 Å². The summed E-state index contributed by atoms with van der Waals surface area (Å²) in [5, 5.41) is 12.2. The maximum atomic E-state index is 13.1. The third-order valence-corrected chi connectivity index (χ3v) is 2.98. The smallest absolute Gasteiger partial charge is 0.123 e. The van der Waals surface area contributed by atoms with Gasteiger partial charge in [-0.05, 0) is 30.7 Å². The van der Waals surface area contributed by atoms with Crippen molar-refractivity contribution in [1.29, 1.82) is 5.26 Å². The molecule has 2 atom stereocenters. The molecule has 1 saturated heterocycles. The van der Waals surface area contributed by atoms with E-state index >= 15 is 0 Å². The standard InChI is InChI=1S/C14H17FN2O2/c1-10-6-17-7-14(19-10)9-18-8-12-4-13(15)3-2-11(12)5-16/h2-4,10,14,17H,6-9H2,1H3. The van der Waals surface area contributed by atoms with Crippen molar-refractivity contribution >= 4 is 0 Å². The summed E-state index contributed by atoms with van der Waals surface area (Å²) in [6, 6.07) is 6.11. The average Bonchev–Trinajstić information content (AvgIpc) is 2.39. The van der Waals surface area contributed by atoms with Gasteiger partial charge in [-0.1, -0.05) is 0 Å². The Balaban J connectivity index is 1.85. The van der Waals surface area contributed by atoms with Gasteiger partial charge in [0.2, 0.25) is 0 Å². The minimum atomic E-state index is -0.359.